The maximum atomic E-state index is 12.0. The van der Waals surface area contributed by atoms with Crippen LogP contribution < -0.4 is 0 Å². The van der Waals surface area contributed by atoms with Crippen molar-refractivity contribution in [3.63, 3.8) is 0 Å². The van der Waals surface area contributed by atoms with Crippen molar-refractivity contribution >= 4 is 17.6 Å². The number of esters is 1. The van der Waals surface area contributed by atoms with Gasteiger partial charge < -0.3 is 13.6 Å². The third-order valence-electron chi connectivity index (χ3n) is 3.21. The molecule has 0 saturated heterocycles. The topological polar surface area (TPSA) is 65.5 Å². The Morgan fingerprint density at radius 1 is 1.25 bits per heavy atom. The zero-order valence-corrected chi connectivity index (χ0v) is 14.0. The highest BCUT2D eigenvalue weighted by Gasteiger charge is 2.21. The van der Waals surface area contributed by atoms with Crippen molar-refractivity contribution in [1.82, 2.24) is 4.98 Å². The van der Waals surface area contributed by atoms with Crippen LogP contribution in [0, 0.1) is 0 Å². The van der Waals surface area contributed by atoms with E-state index in [9.17, 15) is 4.79 Å². The average molecular weight is 346 g/mol. The molecule has 0 atom stereocenters. The Labute approximate surface area is 144 Å². The molecule has 0 saturated carbocycles. The number of carbonyl (C=O) groups is 1. The molecule has 0 bridgehead atoms. The van der Waals surface area contributed by atoms with Crippen molar-refractivity contribution in [2.24, 2.45) is 0 Å². The van der Waals surface area contributed by atoms with Gasteiger partial charge in [0.1, 0.15) is 5.69 Å². The first-order valence-corrected chi connectivity index (χ1v) is 7.89. The van der Waals surface area contributed by atoms with Gasteiger partial charge in [-0.1, -0.05) is 11.6 Å². The van der Waals surface area contributed by atoms with Gasteiger partial charge in [0, 0.05) is 10.6 Å². The minimum atomic E-state index is -0.367. The summed E-state index contributed by atoms with van der Waals surface area (Å²) in [5.41, 5.74) is 1.23. The van der Waals surface area contributed by atoms with Gasteiger partial charge in [0.15, 0.2) is 11.5 Å². The van der Waals surface area contributed by atoms with E-state index in [-0.39, 0.29) is 18.5 Å². The van der Waals surface area contributed by atoms with Crippen LogP contribution in [0.1, 0.15) is 19.5 Å². The standard InChI is InChI=1S/C18H16ClNO4/c1-11(2)23-16(21)10-14-17(15-4-3-9-22-15)24-18(20-14)12-5-7-13(19)8-6-12/h3-9,11H,10H2,1-2H3. The summed E-state index contributed by atoms with van der Waals surface area (Å²) in [4.78, 5) is 16.4. The first kappa shape index (κ1) is 16.3. The molecule has 0 N–H and O–H groups in total. The summed E-state index contributed by atoms with van der Waals surface area (Å²) in [5.74, 6) is 0.958. The molecule has 0 spiro atoms. The van der Waals surface area contributed by atoms with E-state index in [0.717, 1.165) is 5.56 Å². The lowest BCUT2D eigenvalue weighted by atomic mass is 10.2. The smallest absolute Gasteiger partial charge is 0.312 e. The molecule has 124 valence electrons. The van der Waals surface area contributed by atoms with Gasteiger partial charge in [-0.25, -0.2) is 4.98 Å². The number of oxazole rings is 1. The van der Waals surface area contributed by atoms with Crippen LogP contribution in [0.5, 0.6) is 0 Å². The molecule has 0 radical (unpaired) electrons. The van der Waals surface area contributed by atoms with Crippen LogP contribution in [0.15, 0.2) is 51.5 Å². The number of furan rings is 1. The Balaban J connectivity index is 1.96. The SMILES string of the molecule is CC(C)OC(=O)Cc1nc(-c2ccc(Cl)cc2)oc1-c1ccco1. The molecule has 0 aliphatic carbocycles. The Bertz CT molecular complexity index is 819. The van der Waals surface area contributed by atoms with Crippen molar-refractivity contribution in [3.05, 3.63) is 53.4 Å². The largest absolute Gasteiger partial charge is 0.463 e. The molecule has 0 aliphatic heterocycles. The van der Waals surface area contributed by atoms with Crippen LogP contribution in [-0.2, 0) is 16.0 Å². The van der Waals surface area contributed by atoms with Crippen molar-refractivity contribution in [2.45, 2.75) is 26.4 Å². The van der Waals surface area contributed by atoms with Crippen molar-refractivity contribution in [2.75, 3.05) is 0 Å². The Morgan fingerprint density at radius 2 is 2.00 bits per heavy atom. The summed E-state index contributed by atoms with van der Waals surface area (Å²) in [6, 6.07) is 10.6. The third-order valence-corrected chi connectivity index (χ3v) is 3.46. The highest BCUT2D eigenvalue weighted by atomic mass is 35.5. The highest BCUT2D eigenvalue weighted by molar-refractivity contribution is 6.30. The zero-order valence-electron chi connectivity index (χ0n) is 13.3. The highest BCUT2D eigenvalue weighted by Crippen LogP contribution is 2.31. The predicted octanol–water partition coefficient (Wildman–Crippen LogP) is 4.75. The number of carbonyl (C=O) groups excluding carboxylic acids is 1. The van der Waals surface area contributed by atoms with Crippen LogP contribution in [0.3, 0.4) is 0 Å². The molecule has 3 aromatic rings. The number of aromatic nitrogens is 1. The van der Waals surface area contributed by atoms with Gasteiger partial charge in [-0.15, -0.1) is 0 Å². The van der Waals surface area contributed by atoms with Gasteiger partial charge in [-0.3, -0.25) is 4.79 Å². The molecule has 0 unspecified atom stereocenters. The molecule has 6 heteroatoms. The maximum absolute atomic E-state index is 12.0. The first-order valence-electron chi connectivity index (χ1n) is 7.52. The maximum Gasteiger partial charge on any atom is 0.312 e. The van der Waals surface area contributed by atoms with E-state index in [0.29, 0.717) is 28.1 Å². The minimum Gasteiger partial charge on any atom is -0.463 e. The molecule has 2 heterocycles. The fourth-order valence-electron chi connectivity index (χ4n) is 2.23. The van der Waals surface area contributed by atoms with Crippen LogP contribution in [0.2, 0.25) is 5.02 Å². The molecular weight excluding hydrogens is 330 g/mol. The van der Waals surface area contributed by atoms with Crippen LogP contribution >= 0.6 is 11.6 Å². The zero-order chi connectivity index (χ0) is 17.1. The molecular formula is C18H16ClNO4. The van der Waals surface area contributed by atoms with Crippen LogP contribution in [0.25, 0.3) is 23.0 Å². The van der Waals surface area contributed by atoms with Crippen LogP contribution in [0.4, 0.5) is 0 Å². The molecule has 5 nitrogen and oxygen atoms in total. The monoisotopic (exact) mass is 345 g/mol. The molecule has 24 heavy (non-hydrogen) atoms. The second-order valence-corrected chi connectivity index (χ2v) is 5.93. The lowest BCUT2D eigenvalue weighted by molar-refractivity contribution is -0.146. The number of ether oxygens (including phenoxy) is 1. The number of hydrogen-bond acceptors (Lipinski definition) is 5. The van der Waals surface area contributed by atoms with Gasteiger partial charge in [-0.05, 0) is 50.2 Å². The van der Waals surface area contributed by atoms with E-state index in [1.54, 1.807) is 50.2 Å². The quantitative estimate of drug-likeness (QED) is 0.624. The predicted molar refractivity (Wildman–Crippen MR) is 89.6 cm³/mol. The summed E-state index contributed by atoms with van der Waals surface area (Å²) in [7, 11) is 0. The van der Waals surface area contributed by atoms with Gasteiger partial charge in [-0.2, -0.15) is 0 Å². The summed E-state index contributed by atoms with van der Waals surface area (Å²) in [6.07, 6.45) is 1.36. The van der Waals surface area contributed by atoms with Crippen molar-refractivity contribution < 1.29 is 18.4 Å². The lowest BCUT2D eigenvalue weighted by Crippen LogP contribution is -2.14. The fourth-order valence-corrected chi connectivity index (χ4v) is 2.36. The first-order chi connectivity index (χ1) is 11.5. The van der Waals surface area contributed by atoms with Crippen LogP contribution in [-0.4, -0.2) is 17.1 Å². The molecule has 0 amide bonds. The summed E-state index contributed by atoms with van der Waals surface area (Å²) in [5, 5.41) is 0.622. The van der Waals surface area contributed by atoms with E-state index < -0.39 is 0 Å². The molecule has 2 aromatic heterocycles. The van der Waals surface area contributed by atoms with Gasteiger partial charge in [0.2, 0.25) is 5.89 Å². The second kappa shape index (κ2) is 6.93. The Hall–Kier alpha value is -2.53. The summed E-state index contributed by atoms with van der Waals surface area (Å²) in [6.45, 7) is 3.60. The average Bonchev–Trinajstić information content (AvgIpc) is 3.16. The van der Waals surface area contributed by atoms with Crippen molar-refractivity contribution in [1.29, 1.82) is 0 Å². The van der Waals surface area contributed by atoms with Gasteiger partial charge in [0.05, 0.1) is 18.8 Å². The molecule has 1 aromatic carbocycles. The second-order valence-electron chi connectivity index (χ2n) is 5.49. The molecule has 0 aliphatic rings. The van der Waals surface area contributed by atoms with E-state index in [2.05, 4.69) is 4.98 Å². The number of halogens is 1. The number of rotatable bonds is 5. The van der Waals surface area contributed by atoms with E-state index in [4.69, 9.17) is 25.2 Å². The lowest BCUT2D eigenvalue weighted by Gasteiger charge is -2.06. The summed E-state index contributed by atoms with van der Waals surface area (Å²) >= 11 is 5.91. The molecule has 0 fully saturated rings. The third kappa shape index (κ3) is 3.68. The van der Waals surface area contributed by atoms with E-state index >= 15 is 0 Å². The normalized spacial score (nSPS) is 11.0. The minimum absolute atomic E-state index is 0.00526. The van der Waals surface area contributed by atoms with Crippen molar-refractivity contribution in [3.8, 4) is 23.0 Å². The Kier molecular flexibility index (Phi) is 4.71. The number of benzene rings is 1. The number of nitrogens with zero attached hydrogens (tertiary/aromatic N) is 1. The Morgan fingerprint density at radius 3 is 2.62 bits per heavy atom. The number of hydrogen-bond donors (Lipinski definition) is 0. The fraction of sp³-hybridized carbons (Fsp3) is 0.222. The van der Waals surface area contributed by atoms with Gasteiger partial charge in [0.25, 0.3) is 0 Å². The van der Waals surface area contributed by atoms with Gasteiger partial charge >= 0.3 is 5.97 Å². The molecule has 3 rings (SSSR count). The van der Waals surface area contributed by atoms with E-state index in [1.807, 2.05) is 0 Å². The summed E-state index contributed by atoms with van der Waals surface area (Å²) < 4.78 is 16.4. The van der Waals surface area contributed by atoms with E-state index in [1.165, 1.54) is 6.26 Å².